The molecule has 3 heteroatoms. The Hall–Kier alpha value is -1.64. The highest BCUT2D eigenvalue weighted by Gasteiger charge is 2.13. The fourth-order valence-electron chi connectivity index (χ4n) is 1.37. The molecule has 1 aromatic rings. The van der Waals surface area contributed by atoms with E-state index in [9.17, 15) is 4.79 Å². The third-order valence-corrected chi connectivity index (χ3v) is 1.98. The number of hydrogen-bond acceptors (Lipinski definition) is 2. The molecule has 0 amide bonds. The summed E-state index contributed by atoms with van der Waals surface area (Å²) in [6.45, 7) is 8.88. The third kappa shape index (κ3) is 1.82. The number of carbonyl (C=O) groups is 1. The van der Waals surface area contributed by atoms with Crippen LogP contribution in [0, 0.1) is 6.92 Å². The number of aryl methyl sites for hydroxylation is 1. The van der Waals surface area contributed by atoms with Crippen LogP contribution >= 0.6 is 0 Å². The number of hydrogen-bond donors (Lipinski definition) is 1. The van der Waals surface area contributed by atoms with Gasteiger partial charge in [0, 0.05) is 5.57 Å². The first kappa shape index (κ1) is 10.4. The summed E-state index contributed by atoms with van der Waals surface area (Å²) >= 11 is 0. The average Bonchev–Trinajstić information content (AvgIpc) is 2.47. The van der Waals surface area contributed by atoms with Crippen LogP contribution < -0.4 is 0 Å². The van der Waals surface area contributed by atoms with Gasteiger partial charge in [0.15, 0.2) is 5.78 Å². The zero-order chi connectivity index (χ0) is 10.7. The fourth-order valence-corrected chi connectivity index (χ4v) is 1.37. The van der Waals surface area contributed by atoms with Crippen molar-refractivity contribution in [3.63, 3.8) is 0 Å². The van der Waals surface area contributed by atoms with E-state index in [2.05, 4.69) is 16.5 Å². The molecule has 0 unspecified atom stereocenters. The van der Waals surface area contributed by atoms with E-state index < -0.39 is 0 Å². The van der Waals surface area contributed by atoms with Crippen molar-refractivity contribution in [3.05, 3.63) is 29.9 Å². The predicted molar refractivity (Wildman–Crippen MR) is 57.7 cm³/mol. The first-order valence-electron chi connectivity index (χ1n) is 4.46. The third-order valence-electron chi connectivity index (χ3n) is 1.98. The molecule has 1 heterocycles. The molecular weight excluding hydrogens is 176 g/mol. The number of nitrogens with one attached hydrogen (secondary N) is 1. The number of Topliss-reactive ketones (excluding diaryl/α,β-unsaturated/α-hetero) is 1. The van der Waals surface area contributed by atoms with Gasteiger partial charge in [0.2, 0.25) is 0 Å². The van der Waals surface area contributed by atoms with Crippen LogP contribution in [0.4, 0.5) is 0 Å². The molecule has 0 atom stereocenters. The summed E-state index contributed by atoms with van der Waals surface area (Å²) in [5.74, 6) is 0.803. The summed E-state index contributed by atoms with van der Waals surface area (Å²) < 4.78 is 0. The van der Waals surface area contributed by atoms with Gasteiger partial charge in [-0.1, -0.05) is 12.7 Å². The van der Waals surface area contributed by atoms with Crippen LogP contribution in [0.25, 0.3) is 11.6 Å². The Labute approximate surface area is 83.6 Å². The number of imidazole rings is 1. The van der Waals surface area contributed by atoms with E-state index in [-0.39, 0.29) is 5.78 Å². The number of rotatable bonds is 3. The molecule has 1 N–H and O–H groups in total. The van der Waals surface area contributed by atoms with E-state index in [1.54, 1.807) is 12.2 Å². The van der Waals surface area contributed by atoms with Crippen LogP contribution in [-0.2, 0) is 4.79 Å². The number of allylic oxidation sites excluding steroid dienone is 2. The molecule has 0 aliphatic rings. The Morgan fingerprint density at radius 1 is 1.57 bits per heavy atom. The van der Waals surface area contributed by atoms with Gasteiger partial charge in [-0.25, -0.2) is 4.98 Å². The lowest BCUT2D eigenvalue weighted by atomic mass is 10.1. The Bertz CT molecular complexity index is 399. The van der Waals surface area contributed by atoms with Crippen molar-refractivity contribution < 1.29 is 4.79 Å². The van der Waals surface area contributed by atoms with E-state index in [0.29, 0.717) is 11.3 Å². The smallest absolute Gasteiger partial charge is 0.161 e. The Morgan fingerprint density at radius 2 is 2.21 bits per heavy atom. The molecule has 74 valence electrons. The molecule has 14 heavy (non-hydrogen) atoms. The highest BCUT2D eigenvalue weighted by Crippen LogP contribution is 2.18. The Balaban J connectivity index is 3.29. The molecule has 1 rings (SSSR count). The first-order valence-corrected chi connectivity index (χ1v) is 4.46. The summed E-state index contributed by atoms with van der Waals surface area (Å²) in [6, 6.07) is 0. The normalized spacial score (nSPS) is 11.5. The SMILES string of the molecule is C=Cc1[nH]c(C)nc1/C(=C\C)C(C)=O. The summed E-state index contributed by atoms with van der Waals surface area (Å²) in [4.78, 5) is 18.6. The van der Waals surface area contributed by atoms with E-state index in [4.69, 9.17) is 0 Å². The second kappa shape index (κ2) is 4.05. The molecular formula is C11H14N2O. The minimum absolute atomic E-state index is 0.0158. The largest absolute Gasteiger partial charge is 0.342 e. The van der Waals surface area contributed by atoms with Crippen molar-refractivity contribution in [2.45, 2.75) is 20.8 Å². The first-order chi connectivity index (χ1) is 6.60. The predicted octanol–water partition coefficient (Wildman–Crippen LogP) is 2.35. The molecule has 0 fully saturated rings. The second-order valence-electron chi connectivity index (χ2n) is 3.05. The highest BCUT2D eigenvalue weighted by molar-refractivity contribution is 6.19. The quantitative estimate of drug-likeness (QED) is 0.743. The van der Waals surface area contributed by atoms with Crippen LogP contribution in [0.3, 0.4) is 0 Å². The van der Waals surface area contributed by atoms with Gasteiger partial charge in [-0.15, -0.1) is 0 Å². The van der Waals surface area contributed by atoms with Gasteiger partial charge >= 0.3 is 0 Å². The number of nitrogens with zero attached hydrogens (tertiary/aromatic N) is 1. The highest BCUT2D eigenvalue weighted by atomic mass is 16.1. The van der Waals surface area contributed by atoms with Crippen LogP contribution in [0.2, 0.25) is 0 Å². The number of H-pyrrole nitrogens is 1. The lowest BCUT2D eigenvalue weighted by Gasteiger charge is -1.99. The van der Waals surface area contributed by atoms with Gasteiger partial charge in [-0.2, -0.15) is 0 Å². The van der Waals surface area contributed by atoms with Gasteiger partial charge in [-0.05, 0) is 26.8 Å². The van der Waals surface area contributed by atoms with Crippen molar-refractivity contribution in [2.75, 3.05) is 0 Å². The number of carbonyl (C=O) groups excluding carboxylic acids is 1. The number of ketones is 1. The monoisotopic (exact) mass is 190 g/mol. The van der Waals surface area contributed by atoms with Crippen LogP contribution in [0.15, 0.2) is 12.7 Å². The molecule has 0 aromatic carbocycles. The van der Waals surface area contributed by atoms with E-state index in [0.717, 1.165) is 11.5 Å². The lowest BCUT2D eigenvalue weighted by molar-refractivity contribution is -0.111. The standard InChI is InChI=1S/C11H14N2O/c1-5-9(7(3)14)11-10(6-2)12-8(4)13-11/h5-6H,2H2,1,3-4H3,(H,12,13)/b9-5-. The Kier molecular flexibility index (Phi) is 3.02. The maximum Gasteiger partial charge on any atom is 0.161 e. The van der Waals surface area contributed by atoms with E-state index in [1.807, 2.05) is 13.8 Å². The van der Waals surface area contributed by atoms with Gasteiger partial charge < -0.3 is 4.98 Å². The van der Waals surface area contributed by atoms with Crippen molar-refractivity contribution in [1.29, 1.82) is 0 Å². The molecule has 0 aliphatic heterocycles. The molecule has 3 nitrogen and oxygen atoms in total. The van der Waals surface area contributed by atoms with Crippen LogP contribution in [-0.4, -0.2) is 15.8 Å². The van der Waals surface area contributed by atoms with Gasteiger partial charge in [-0.3, -0.25) is 4.79 Å². The van der Waals surface area contributed by atoms with Crippen LogP contribution in [0.5, 0.6) is 0 Å². The topological polar surface area (TPSA) is 45.8 Å². The van der Waals surface area contributed by atoms with E-state index in [1.165, 1.54) is 6.92 Å². The van der Waals surface area contributed by atoms with E-state index >= 15 is 0 Å². The maximum atomic E-state index is 11.3. The Morgan fingerprint density at radius 3 is 2.64 bits per heavy atom. The molecule has 0 spiro atoms. The molecule has 0 bridgehead atoms. The molecule has 0 saturated heterocycles. The molecule has 0 radical (unpaired) electrons. The fraction of sp³-hybridized carbons (Fsp3) is 0.273. The van der Waals surface area contributed by atoms with Gasteiger partial charge in [0.1, 0.15) is 5.82 Å². The second-order valence-corrected chi connectivity index (χ2v) is 3.05. The summed E-state index contributed by atoms with van der Waals surface area (Å²) in [6.07, 6.45) is 3.44. The molecule has 0 aliphatic carbocycles. The molecule has 1 aromatic heterocycles. The molecule has 0 saturated carbocycles. The van der Waals surface area contributed by atoms with Crippen molar-refractivity contribution in [3.8, 4) is 0 Å². The minimum atomic E-state index is 0.0158. The van der Waals surface area contributed by atoms with Crippen molar-refractivity contribution in [1.82, 2.24) is 9.97 Å². The lowest BCUT2D eigenvalue weighted by Crippen LogP contribution is -1.97. The van der Waals surface area contributed by atoms with Crippen molar-refractivity contribution >= 4 is 17.4 Å². The summed E-state index contributed by atoms with van der Waals surface area (Å²) in [5, 5.41) is 0. The zero-order valence-corrected chi connectivity index (χ0v) is 8.72. The minimum Gasteiger partial charge on any atom is -0.342 e. The average molecular weight is 190 g/mol. The summed E-state index contributed by atoms with van der Waals surface area (Å²) in [7, 11) is 0. The van der Waals surface area contributed by atoms with Gasteiger partial charge in [0.05, 0.1) is 11.4 Å². The van der Waals surface area contributed by atoms with Crippen molar-refractivity contribution in [2.24, 2.45) is 0 Å². The maximum absolute atomic E-state index is 11.3. The van der Waals surface area contributed by atoms with Gasteiger partial charge in [0.25, 0.3) is 0 Å². The summed E-state index contributed by atoms with van der Waals surface area (Å²) in [5.41, 5.74) is 2.11. The van der Waals surface area contributed by atoms with Crippen LogP contribution in [0.1, 0.15) is 31.1 Å². The zero-order valence-electron chi connectivity index (χ0n) is 8.72. The number of aromatic amines is 1. The number of aromatic nitrogens is 2.